The minimum absolute atomic E-state index is 0. The third-order valence-electron chi connectivity index (χ3n) is 2.30. The van der Waals surface area contributed by atoms with Crippen molar-refractivity contribution in [2.45, 2.75) is 34.1 Å². The second kappa shape index (κ2) is 7.84. The van der Waals surface area contributed by atoms with Crippen LogP contribution in [0.2, 0.25) is 0 Å². The van der Waals surface area contributed by atoms with Crippen LogP contribution in [0.15, 0.2) is 0 Å². The van der Waals surface area contributed by atoms with E-state index in [0.29, 0.717) is 0 Å². The van der Waals surface area contributed by atoms with Gasteiger partial charge in [-0.05, 0) is 27.2 Å². The zero-order valence-electron chi connectivity index (χ0n) is 8.77. The van der Waals surface area contributed by atoms with Crippen molar-refractivity contribution in [2.24, 2.45) is 0 Å². The van der Waals surface area contributed by atoms with Gasteiger partial charge < -0.3 is 12.4 Å². The number of hydroxylamine groups is 3. The van der Waals surface area contributed by atoms with Crippen LogP contribution in [0, 0.1) is 0 Å². The predicted molar refractivity (Wildman–Crippen MR) is 48.1 cm³/mol. The minimum Gasteiger partial charge on any atom is -1.00 e. The van der Waals surface area contributed by atoms with Gasteiger partial charge in [-0.2, -0.15) is 4.65 Å². The van der Waals surface area contributed by atoms with Crippen molar-refractivity contribution in [1.82, 2.24) is 0 Å². The maximum atomic E-state index is 5.76. The highest BCUT2D eigenvalue weighted by atomic mass is 35.5. The fourth-order valence-corrected chi connectivity index (χ4v) is 1.23. The van der Waals surface area contributed by atoms with Crippen LogP contribution in [-0.4, -0.2) is 30.9 Å². The summed E-state index contributed by atoms with van der Waals surface area (Å²) >= 11 is 0. The fourth-order valence-electron chi connectivity index (χ4n) is 1.23. The molecule has 76 valence electrons. The molecule has 0 aliphatic heterocycles. The Morgan fingerprint density at radius 2 is 1.33 bits per heavy atom. The van der Waals surface area contributed by atoms with Crippen molar-refractivity contribution in [3.63, 3.8) is 0 Å². The minimum atomic E-state index is 0. The van der Waals surface area contributed by atoms with Gasteiger partial charge in [-0.25, -0.2) is 4.84 Å². The first-order valence-electron chi connectivity index (χ1n) is 4.75. The summed E-state index contributed by atoms with van der Waals surface area (Å²) < 4.78 is 0.813. The molecule has 0 atom stereocenters. The van der Waals surface area contributed by atoms with Gasteiger partial charge in [0.25, 0.3) is 0 Å². The largest absolute Gasteiger partial charge is 1.00 e. The smallest absolute Gasteiger partial charge is 0.106 e. The summed E-state index contributed by atoms with van der Waals surface area (Å²) in [5.74, 6) is 0. The molecular weight excluding hydrogens is 174 g/mol. The molecule has 0 heterocycles. The highest BCUT2D eigenvalue weighted by molar-refractivity contribution is 4.24. The number of hydrogen-bond donors (Lipinski definition) is 0. The summed E-state index contributed by atoms with van der Waals surface area (Å²) in [6.45, 7) is 12.8. The average molecular weight is 196 g/mol. The van der Waals surface area contributed by atoms with Gasteiger partial charge in [-0.15, -0.1) is 0 Å². The lowest BCUT2D eigenvalue weighted by molar-refractivity contribution is -1.10. The van der Waals surface area contributed by atoms with E-state index in [-0.39, 0.29) is 12.4 Å². The van der Waals surface area contributed by atoms with Gasteiger partial charge >= 0.3 is 0 Å². The van der Waals surface area contributed by atoms with Crippen LogP contribution < -0.4 is 12.4 Å². The van der Waals surface area contributed by atoms with Crippen LogP contribution in [0.5, 0.6) is 0 Å². The Balaban J connectivity index is 0. The van der Waals surface area contributed by atoms with Gasteiger partial charge in [0, 0.05) is 0 Å². The Bertz CT molecular complexity index is 86.3. The molecule has 0 saturated heterocycles. The second-order valence-electron chi connectivity index (χ2n) is 2.84. The number of rotatable bonds is 6. The molecular formula is C9H22ClNO. The van der Waals surface area contributed by atoms with Gasteiger partial charge in [0.2, 0.25) is 0 Å². The maximum absolute atomic E-state index is 5.76. The van der Waals surface area contributed by atoms with E-state index in [0.717, 1.165) is 37.3 Å². The highest BCUT2D eigenvalue weighted by Gasteiger charge is 2.21. The summed E-state index contributed by atoms with van der Waals surface area (Å²) in [6, 6.07) is 0. The Kier molecular flexibility index (Phi) is 9.61. The Morgan fingerprint density at radius 1 is 0.917 bits per heavy atom. The molecule has 0 aromatic heterocycles. The third kappa shape index (κ3) is 4.29. The molecule has 0 aliphatic carbocycles. The van der Waals surface area contributed by atoms with E-state index in [1.54, 1.807) is 0 Å². The molecule has 0 amide bonds. The molecule has 0 aromatic rings. The lowest BCUT2D eigenvalue weighted by atomic mass is 10.5. The quantitative estimate of drug-likeness (QED) is 0.399. The molecule has 3 heteroatoms. The van der Waals surface area contributed by atoms with Gasteiger partial charge in [-0.1, -0.05) is 6.92 Å². The second-order valence-corrected chi connectivity index (χ2v) is 2.84. The van der Waals surface area contributed by atoms with Gasteiger partial charge in [0.1, 0.15) is 26.2 Å². The van der Waals surface area contributed by atoms with Gasteiger partial charge in [0.15, 0.2) is 0 Å². The van der Waals surface area contributed by atoms with Crippen molar-refractivity contribution < 1.29 is 21.9 Å². The Hall–Kier alpha value is 0.210. The van der Waals surface area contributed by atoms with Gasteiger partial charge in [0.05, 0.1) is 0 Å². The van der Waals surface area contributed by atoms with E-state index in [1.807, 2.05) is 0 Å². The van der Waals surface area contributed by atoms with Crippen LogP contribution in [0.25, 0.3) is 0 Å². The van der Waals surface area contributed by atoms with Crippen molar-refractivity contribution in [2.75, 3.05) is 26.2 Å². The summed E-state index contributed by atoms with van der Waals surface area (Å²) in [6.07, 6.45) is 1.11. The van der Waals surface area contributed by atoms with Crippen molar-refractivity contribution >= 4 is 0 Å². The standard InChI is InChI=1S/C9H22NO.ClH/c1-5-9-11-10(6-2,7-3)8-4;/h5-9H2,1-4H3;1H/q+1;/p-1. The van der Waals surface area contributed by atoms with E-state index in [2.05, 4.69) is 27.7 Å². The van der Waals surface area contributed by atoms with E-state index in [9.17, 15) is 0 Å². The first-order chi connectivity index (χ1) is 5.24. The van der Waals surface area contributed by atoms with Crippen LogP contribution in [-0.2, 0) is 4.84 Å². The highest BCUT2D eigenvalue weighted by Crippen LogP contribution is 2.07. The number of hydrogen-bond acceptors (Lipinski definition) is 1. The molecule has 0 radical (unpaired) electrons. The van der Waals surface area contributed by atoms with Crippen LogP contribution >= 0.6 is 0 Å². The summed E-state index contributed by atoms with van der Waals surface area (Å²) in [5, 5.41) is 0. The number of nitrogens with zero attached hydrogens (tertiary/aromatic N) is 1. The van der Waals surface area contributed by atoms with E-state index < -0.39 is 0 Å². The lowest BCUT2D eigenvalue weighted by Gasteiger charge is -2.32. The zero-order valence-corrected chi connectivity index (χ0v) is 9.52. The molecule has 2 nitrogen and oxygen atoms in total. The maximum Gasteiger partial charge on any atom is 0.106 e. The van der Waals surface area contributed by atoms with Gasteiger partial charge in [-0.3, -0.25) is 0 Å². The molecule has 0 bridgehead atoms. The van der Waals surface area contributed by atoms with Crippen LogP contribution in [0.4, 0.5) is 0 Å². The predicted octanol–water partition coefficient (Wildman–Crippen LogP) is -0.791. The van der Waals surface area contributed by atoms with Crippen molar-refractivity contribution in [1.29, 1.82) is 0 Å². The normalized spacial score (nSPS) is 11.0. The summed E-state index contributed by atoms with van der Waals surface area (Å²) in [5.41, 5.74) is 0. The van der Waals surface area contributed by atoms with Crippen LogP contribution in [0.3, 0.4) is 0 Å². The van der Waals surface area contributed by atoms with E-state index in [1.165, 1.54) is 0 Å². The first kappa shape index (κ1) is 14.7. The lowest BCUT2D eigenvalue weighted by Crippen LogP contribution is -3.00. The number of halogens is 1. The van der Waals surface area contributed by atoms with E-state index >= 15 is 0 Å². The SMILES string of the molecule is CCCO[N+](CC)(CC)CC.[Cl-]. The average Bonchev–Trinajstić information content (AvgIpc) is 2.08. The molecule has 0 fully saturated rings. The molecule has 0 unspecified atom stereocenters. The van der Waals surface area contributed by atoms with Crippen molar-refractivity contribution in [3.05, 3.63) is 0 Å². The molecule has 0 rings (SSSR count). The topological polar surface area (TPSA) is 9.23 Å². The zero-order chi connectivity index (χ0) is 8.74. The van der Waals surface area contributed by atoms with E-state index in [4.69, 9.17) is 4.84 Å². The molecule has 12 heavy (non-hydrogen) atoms. The molecule has 0 aromatic carbocycles. The molecule has 0 aliphatic rings. The molecule has 0 spiro atoms. The summed E-state index contributed by atoms with van der Waals surface area (Å²) in [4.78, 5) is 5.76. The van der Waals surface area contributed by atoms with Crippen molar-refractivity contribution in [3.8, 4) is 0 Å². The fraction of sp³-hybridized carbons (Fsp3) is 1.00. The Morgan fingerprint density at radius 3 is 1.58 bits per heavy atom. The third-order valence-corrected chi connectivity index (χ3v) is 2.30. The number of quaternary nitrogens is 1. The Labute approximate surface area is 82.8 Å². The first-order valence-corrected chi connectivity index (χ1v) is 4.75. The monoisotopic (exact) mass is 195 g/mol. The summed E-state index contributed by atoms with van der Waals surface area (Å²) in [7, 11) is 0. The molecule has 0 saturated carbocycles. The molecule has 0 N–H and O–H groups in total. The van der Waals surface area contributed by atoms with Crippen LogP contribution in [0.1, 0.15) is 34.1 Å².